The molecule has 5 nitrogen and oxygen atoms in total. The van der Waals surface area contributed by atoms with Gasteiger partial charge in [-0.1, -0.05) is 0 Å². The number of hydrogen-bond donors (Lipinski definition) is 3. The van der Waals surface area contributed by atoms with Crippen molar-refractivity contribution in [1.82, 2.24) is 4.98 Å². The first-order valence-electron chi connectivity index (χ1n) is 6.27. The number of ether oxygens (including phenoxy) is 1. The summed E-state index contributed by atoms with van der Waals surface area (Å²) in [6.45, 7) is 0. The van der Waals surface area contributed by atoms with E-state index < -0.39 is 11.9 Å². The number of aromatic amines is 1. The molecular weight excluding hydrogens is 244 g/mol. The Morgan fingerprint density at radius 3 is 3.00 bits per heavy atom. The quantitative estimate of drug-likeness (QED) is 0.768. The van der Waals surface area contributed by atoms with Crippen molar-refractivity contribution in [3.05, 3.63) is 29.5 Å². The van der Waals surface area contributed by atoms with Crippen molar-refractivity contribution in [2.45, 2.75) is 18.9 Å². The van der Waals surface area contributed by atoms with Gasteiger partial charge >= 0.3 is 5.97 Å². The van der Waals surface area contributed by atoms with Crippen LogP contribution in [0.1, 0.15) is 23.7 Å². The van der Waals surface area contributed by atoms with Crippen LogP contribution in [-0.4, -0.2) is 23.2 Å². The number of methoxy groups -OCH3 is 1. The Kier molecular flexibility index (Phi) is 2.71. The Labute approximate surface area is 110 Å². The largest absolute Gasteiger partial charge is 0.497 e. The van der Waals surface area contributed by atoms with Gasteiger partial charge in [0, 0.05) is 29.1 Å². The van der Waals surface area contributed by atoms with Crippen LogP contribution in [-0.2, 0) is 11.2 Å². The minimum absolute atomic E-state index is 0.245. The molecule has 1 aliphatic carbocycles. The lowest BCUT2D eigenvalue weighted by molar-refractivity contribution is -0.142. The topological polar surface area (TPSA) is 88.3 Å². The predicted molar refractivity (Wildman–Crippen MR) is 71.2 cm³/mol. The molecule has 19 heavy (non-hydrogen) atoms. The average molecular weight is 260 g/mol. The molecule has 1 aromatic heterocycles. The smallest absolute Gasteiger partial charge is 0.306 e. The van der Waals surface area contributed by atoms with Crippen molar-refractivity contribution in [3.8, 4) is 5.75 Å². The molecule has 0 bridgehead atoms. The van der Waals surface area contributed by atoms with Crippen molar-refractivity contribution < 1.29 is 14.6 Å². The van der Waals surface area contributed by atoms with E-state index >= 15 is 0 Å². The first-order valence-corrected chi connectivity index (χ1v) is 6.27. The summed E-state index contributed by atoms with van der Waals surface area (Å²) in [6.07, 6.45) is 0.988. The first-order chi connectivity index (χ1) is 9.10. The van der Waals surface area contributed by atoms with Crippen LogP contribution in [0.3, 0.4) is 0 Å². The molecule has 0 saturated carbocycles. The number of carbonyl (C=O) groups is 1. The lowest BCUT2D eigenvalue weighted by Crippen LogP contribution is -2.28. The maximum absolute atomic E-state index is 11.1. The van der Waals surface area contributed by atoms with Crippen LogP contribution in [0.25, 0.3) is 10.9 Å². The van der Waals surface area contributed by atoms with Crippen molar-refractivity contribution in [2.24, 2.45) is 11.7 Å². The SMILES string of the molecule is COc1ccc2[nH]c3c(c2c1)C(N)CC(C(=O)O)C3. The summed E-state index contributed by atoms with van der Waals surface area (Å²) < 4.78 is 5.23. The fraction of sp³-hybridized carbons (Fsp3) is 0.357. The zero-order valence-electron chi connectivity index (χ0n) is 10.6. The third kappa shape index (κ3) is 1.86. The van der Waals surface area contributed by atoms with Crippen LogP contribution in [0.4, 0.5) is 0 Å². The number of aliphatic carboxylic acids is 1. The van der Waals surface area contributed by atoms with Gasteiger partial charge in [-0.3, -0.25) is 4.79 Å². The number of rotatable bonds is 2. The van der Waals surface area contributed by atoms with E-state index in [2.05, 4.69) is 4.98 Å². The summed E-state index contributed by atoms with van der Waals surface area (Å²) in [4.78, 5) is 14.4. The lowest BCUT2D eigenvalue weighted by Gasteiger charge is -2.24. The second kappa shape index (κ2) is 4.28. The van der Waals surface area contributed by atoms with Crippen molar-refractivity contribution in [3.63, 3.8) is 0 Å². The Morgan fingerprint density at radius 2 is 2.32 bits per heavy atom. The molecule has 5 heteroatoms. The van der Waals surface area contributed by atoms with Crippen LogP contribution in [0.2, 0.25) is 0 Å². The van der Waals surface area contributed by atoms with Gasteiger partial charge in [0.1, 0.15) is 5.75 Å². The third-order valence-corrected chi connectivity index (χ3v) is 3.84. The molecule has 1 heterocycles. The van der Waals surface area contributed by atoms with Gasteiger partial charge in [0.25, 0.3) is 0 Å². The number of hydrogen-bond acceptors (Lipinski definition) is 3. The number of carboxylic acid groups (broad SMARTS) is 1. The van der Waals surface area contributed by atoms with Crippen LogP contribution in [0, 0.1) is 5.92 Å². The zero-order chi connectivity index (χ0) is 13.6. The van der Waals surface area contributed by atoms with Crippen molar-refractivity contribution in [1.29, 1.82) is 0 Å². The van der Waals surface area contributed by atoms with Crippen LogP contribution < -0.4 is 10.5 Å². The molecule has 100 valence electrons. The maximum atomic E-state index is 11.1. The summed E-state index contributed by atoms with van der Waals surface area (Å²) in [6, 6.07) is 5.52. The first kappa shape index (κ1) is 12.0. The Morgan fingerprint density at radius 1 is 1.53 bits per heavy atom. The fourth-order valence-corrected chi connectivity index (χ4v) is 2.90. The molecule has 0 aliphatic heterocycles. The molecule has 2 unspecified atom stereocenters. The molecule has 0 spiro atoms. The van der Waals surface area contributed by atoms with Gasteiger partial charge in [-0.05, 0) is 30.2 Å². The van der Waals surface area contributed by atoms with Gasteiger partial charge in [0.15, 0.2) is 0 Å². The number of carboxylic acids is 1. The Bertz CT molecular complexity index is 647. The fourth-order valence-electron chi connectivity index (χ4n) is 2.90. The number of nitrogens with one attached hydrogen (secondary N) is 1. The lowest BCUT2D eigenvalue weighted by atomic mass is 9.83. The third-order valence-electron chi connectivity index (χ3n) is 3.84. The molecule has 0 fully saturated rings. The van der Waals surface area contributed by atoms with Gasteiger partial charge in [-0.15, -0.1) is 0 Å². The Hall–Kier alpha value is -2.01. The standard InChI is InChI=1S/C14H16N2O3/c1-19-8-2-3-11-9(6-8)13-10(15)4-7(14(17)18)5-12(13)16-11/h2-3,6-7,10,16H,4-5,15H2,1H3,(H,17,18). The monoisotopic (exact) mass is 260 g/mol. The molecule has 0 saturated heterocycles. The molecule has 0 radical (unpaired) electrons. The molecular formula is C14H16N2O3. The highest BCUT2D eigenvalue weighted by molar-refractivity contribution is 5.87. The van der Waals surface area contributed by atoms with E-state index in [1.54, 1.807) is 7.11 Å². The van der Waals surface area contributed by atoms with Gasteiger partial charge in [-0.2, -0.15) is 0 Å². The summed E-state index contributed by atoms with van der Waals surface area (Å²) >= 11 is 0. The molecule has 2 aromatic rings. The van der Waals surface area contributed by atoms with E-state index in [0.717, 1.165) is 27.9 Å². The molecule has 2 atom stereocenters. The van der Waals surface area contributed by atoms with Gasteiger partial charge in [-0.25, -0.2) is 0 Å². The second-order valence-electron chi connectivity index (χ2n) is 5.01. The van der Waals surface area contributed by atoms with Crippen molar-refractivity contribution >= 4 is 16.9 Å². The summed E-state index contributed by atoms with van der Waals surface area (Å²) in [5.41, 5.74) is 9.10. The van der Waals surface area contributed by atoms with E-state index in [1.807, 2.05) is 18.2 Å². The number of H-pyrrole nitrogens is 1. The number of fused-ring (bicyclic) bond motifs is 3. The van der Waals surface area contributed by atoms with E-state index in [-0.39, 0.29) is 6.04 Å². The molecule has 1 aromatic carbocycles. The predicted octanol–water partition coefficient (Wildman–Crippen LogP) is 1.82. The van der Waals surface area contributed by atoms with E-state index in [0.29, 0.717) is 12.8 Å². The van der Waals surface area contributed by atoms with Crippen LogP contribution in [0.15, 0.2) is 18.2 Å². The van der Waals surface area contributed by atoms with E-state index in [1.165, 1.54) is 0 Å². The minimum atomic E-state index is -0.780. The normalized spacial score (nSPS) is 22.2. The van der Waals surface area contributed by atoms with Gasteiger partial charge < -0.3 is 20.6 Å². The van der Waals surface area contributed by atoms with Crippen molar-refractivity contribution in [2.75, 3.05) is 7.11 Å². The number of aromatic nitrogens is 1. The molecule has 1 aliphatic rings. The van der Waals surface area contributed by atoms with Gasteiger partial charge in [0.05, 0.1) is 13.0 Å². The average Bonchev–Trinajstić information content (AvgIpc) is 2.76. The van der Waals surface area contributed by atoms with E-state index in [4.69, 9.17) is 15.6 Å². The molecule has 4 N–H and O–H groups in total. The minimum Gasteiger partial charge on any atom is -0.497 e. The maximum Gasteiger partial charge on any atom is 0.306 e. The van der Waals surface area contributed by atoms with E-state index in [9.17, 15) is 4.79 Å². The van der Waals surface area contributed by atoms with Crippen LogP contribution in [0.5, 0.6) is 5.75 Å². The second-order valence-corrected chi connectivity index (χ2v) is 5.01. The summed E-state index contributed by atoms with van der Waals surface area (Å²) in [5, 5.41) is 10.2. The summed E-state index contributed by atoms with van der Waals surface area (Å²) in [7, 11) is 1.63. The zero-order valence-corrected chi connectivity index (χ0v) is 10.6. The van der Waals surface area contributed by atoms with Gasteiger partial charge in [0.2, 0.25) is 0 Å². The van der Waals surface area contributed by atoms with Crippen LogP contribution >= 0.6 is 0 Å². The highest BCUT2D eigenvalue weighted by Gasteiger charge is 2.31. The number of nitrogens with two attached hydrogens (primary N) is 1. The highest BCUT2D eigenvalue weighted by Crippen LogP contribution is 2.38. The highest BCUT2D eigenvalue weighted by atomic mass is 16.5. The number of benzene rings is 1. The Balaban J connectivity index is 2.14. The molecule has 0 amide bonds. The molecule has 3 rings (SSSR count). The summed E-state index contributed by atoms with van der Waals surface area (Å²) in [5.74, 6) is -0.406.